The molecular formula is C31H44NO9P. The van der Waals surface area contributed by atoms with Crippen LogP contribution in [0.2, 0.25) is 0 Å². The van der Waals surface area contributed by atoms with Gasteiger partial charge in [0.25, 0.3) is 0 Å². The van der Waals surface area contributed by atoms with Crippen LogP contribution in [0.5, 0.6) is 0 Å². The minimum Gasteiger partial charge on any atom is -0.349 e. The van der Waals surface area contributed by atoms with Gasteiger partial charge in [-0.25, -0.2) is 0 Å². The Kier molecular flexibility index (Phi) is 9.07. The van der Waals surface area contributed by atoms with Gasteiger partial charge in [-0.15, -0.1) is 5.06 Å². The van der Waals surface area contributed by atoms with Crippen molar-refractivity contribution in [3.63, 3.8) is 0 Å². The molecule has 3 fully saturated rings. The van der Waals surface area contributed by atoms with Crippen molar-refractivity contribution in [1.82, 2.24) is 5.06 Å². The molecule has 0 amide bonds. The van der Waals surface area contributed by atoms with Gasteiger partial charge in [-0.2, -0.15) is 0 Å². The SMILES string of the molecule is CC(C)[C@@H](N(O)[C@H]1O[C@H]([C@H]2COC(C)(C)O2)[C@]2(C)OC(C)(C)O[C@H]12)P(=O)(OCc1ccccc1)OCc1ccccc1. The molecule has 0 radical (unpaired) electrons. The van der Waals surface area contributed by atoms with Crippen LogP contribution < -0.4 is 0 Å². The molecule has 0 bridgehead atoms. The van der Waals surface area contributed by atoms with Gasteiger partial charge >= 0.3 is 7.60 Å². The molecule has 0 unspecified atom stereocenters. The molecule has 1 N–H and O–H groups in total. The quantitative estimate of drug-likeness (QED) is 0.240. The monoisotopic (exact) mass is 605 g/mol. The van der Waals surface area contributed by atoms with Crippen LogP contribution in [-0.4, -0.2) is 64.4 Å². The van der Waals surface area contributed by atoms with E-state index in [1.165, 1.54) is 0 Å². The van der Waals surface area contributed by atoms with Gasteiger partial charge in [0.05, 0.1) is 19.8 Å². The smallest absolute Gasteiger partial charge is 0.349 e. The van der Waals surface area contributed by atoms with Crippen molar-refractivity contribution in [3.8, 4) is 0 Å². The maximum absolute atomic E-state index is 14.8. The summed E-state index contributed by atoms with van der Waals surface area (Å²) in [4.78, 5) is 0. The average Bonchev–Trinajstić information content (AvgIpc) is 3.51. The molecule has 2 aromatic carbocycles. The zero-order valence-corrected chi connectivity index (χ0v) is 26.4. The Balaban J connectivity index is 1.46. The second-order valence-corrected chi connectivity index (χ2v) is 14.8. The van der Waals surface area contributed by atoms with Crippen molar-refractivity contribution in [2.24, 2.45) is 5.92 Å². The zero-order chi connectivity index (χ0) is 30.3. The lowest BCUT2D eigenvalue weighted by atomic mass is 9.91. The Hall–Kier alpha value is -1.69. The number of fused-ring (bicyclic) bond motifs is 1. The first kappa shape index (κ1) is 31.7. The normalized spacial score (nSPS) is 31.1. The van der Waals surface area contributed by atoms with E-state index in [2.05, 4.69) is 0 Å². The first-order valence-corrected chi connectivity index (χ1v) is 16.1. The fourth-order valence-corrected chi connectivity index (χ4v) is 8.30. The summed E-state index contributed by atoms with van der Waals surface area (Å²) in [6.45, 7) is 13.3. The third-order valence-corrected chi connectivity index (χ3v) is 10.3. The highest BCUT2D eigenvalue weighted by Gasteiger charge is 2.68. The lowest BCUT2D eigenvalue weighted by molar-refractivity contribution is -0.283. The Morgan fingerprint density at radius 3 is 1.90 bits per heavy atom. The molecule has 2 aromatic rings. The summed E-state index contributed by atoms with van der Waals surface area (Å²) in [5.74, 6) is -3.22. The number of hydroxylamine groups is 2. The first-order valence-electron chi connectivity index (χ1n) is 14.5. The van der Waals surface area contributed by atoms with Crippen LogP contribution in [-0.2, 0) is 50.5 Å². The minimum absolute atomic E-state index is 0.0360. The Morgan fingerprint density at radius 1 is 0.881 bits per heavy atom. The van der Waals surface area contributed by atoms with Crippen LogP contribution in [0.4, 0.5) is 0 Å². The number of nitrogens with zero attached hydrogens (tertiary/aromatic N) is 1. The summed E-state index contributed by atoms with van der Waals surface area (Å²) in [5, 5.41) is 12.9. The molecule has 0 saturated carbocycles. The van der Waals surface area contributed by atoms with E-state index < -0.39 is 55.1 Å². The van der Waals surface area contributed by atoms with Gasteiger partial charge in [0.2, 0.25) is 0 Å². The molecule has 42 heavy (non-hydrogen) atoms. The molecule has 0 spiro atoms. The highest BCUT2D eigenvalue weighted by Crippen LogP contribution is 2.59. The molecule has 11 heteroatoms. The van der Waals surface area contributed by atoms with Crippen LogP contribution in [0.3, 0.4) is 0 Å². The Labute approximate surface area is 248 Å². The van der Waals surface area contributed by atoms with Crippen molar-refractivity contribution in [1.29, 1.82) is 0 Å². The summed E-state index contributed by atoms with van der Waals surface area (Å²) >= 11 is 0. The molecule has 6 atom stereocenters. The molecule has 3 saturated heterocycles. The van der Waals surface area contributed by atoms with Gasteiger partial charge in [0, 0.05) is 0 Å². The van der Waals surface area contributed by atoms with E-state index in [1.807, 2.05) is 109 Å². The van der Waals surface area contributed by atoms with Gasteiger partial charge < -0.3 is 37.9 Å². The van der Waals surface area contributed by atoms with E-state index >= 15 is 0 Å². The van der Waals surface area contributed by atoms with E-state index in [0.717, 1.165) is 16.2 Å². The predicted octanol–water partition coefficient (Wildman–Crippen LogP) is 6.07. The standard InChI is InChI=1S/C31H44NO9P/c1-21(2)28(42(34,36-18-22-14-10-8-11-15-22)37-19-23-16-12-9-13-17-23)32(33)27-26-31(7,41-30(5,6)40-26)25(38-27)24-20-35-29(3,4)39-24/h8-17,21,24-28,33H,18-20H2,1-7H3/t24-,25-,26-,27+,28+,31+/m1/s1. The molecule has 3 aliphatic rings. The summed E-state index contributed by atoms with van der Waals surface area (Å²) < 4.78 is 58.3. The van der Waals surface area contributed by atoms with E-state index in [1.54, 1.807) is 0 Å². The van der Waals surface area contributed by atoms with E-state index in [4.69, 9.17) is 32.7 Å². The van der Waals surface area contributed by atoms with Crippen LogP contribution in [0, 0.1) is 5.92 Å². The second-order valence-electron chi connectivity index (χ2n) is 12.6. The third kappa shape index (κ3) is 6.54. The van der Waals surface area contributed by atoms with Gasteiger partial charge in [0.15, 0.2) is 17.8 Å². The van der Waals surface area contributed by atoms with E-state index in [-0.39, 0.29) is 25.7 Å². The summed E-state index contributed by atoms with van der Waals surface area (Å²) in [7, 11) is -4.04. The van der Waals surface area contributed by atoms with Crippen LogP contribution in [0.1, 0.15) is 59.6 Å². The fraction of sp³-hybridized carbons (Fsp3) is 0.613. The lowest BCUT2D eigenvalue weighted by Crippen LogP contribution is -2.52. The van der Waals surface area contributed by atoms with Crippen LogP contribution in [0.25, 0.3) is 0 Å². The fourth-order valence-electron chi connectivity index (χ4n) is 6.11. The summed E-state index contributed by atoms with van der Waals surface area (Å²) in [5.41, 5.74) is 0.659. The number of hydrogen-bond donors (Lipinski definition) is 1. The van der Waals surface area contributed by atoms with Crippen molar-refractivity contribution in [2.75, 3.05) is 6.61 Å². The second kappa shape index (κ2) is 12.0. The van der Waals surface area contributed by atoms with Gasteiger partial charge in [-0.05, 0) is 51.7 Å². The van der Waals surface area contributed by atoms with Crippen LogP contribution >= 0.6 is 7.60 Å². The molecule has 3 heterocycles. The summed E-state index contributed by atoms with van der Waals surface area (Å²) in [6, 6.07) is 18.9. The van der Waals surface area contributed by atoms with Gasteiger partial charge in [-0.3, -0.25) is 4.57 Å². The Morgan fingerprint density at radius 2 is 1.43 bits per heavy atom. The molecule has 3 aliphatic heterocycles. The summed E-state index contributed by atoms with van der Waals surface area (Å²) in [6.07, 6.45) is -2.92. The molecular weight excluding hydrogens is 561 g/mol. The zero-order valence-electron chi connectivity index (χ0n) is 25.5. The maximum Gasteiger partial charge on any atom is 0.351 e. The van der Waals surface area contributed by atoms with Crippen LogP contribution in [0.15, 0.2) is 60.7 Å². The van der Waals surface area contributed by atoms with Gasteiger partial charge in [-0.1, -0.05) is 74.5 Å². The van der Waals surface area contributed by atoms with Gasteiger partial charge in [0.1, 0.15) is 29.7 Å². The highest BCUT2D eigenvalue weighted by atomic mass is 31.2. The van der Waals surface area contributed by atoms with Crippen molar-refractivity contribution in [2.45, 2.75) is 109 Å². The largest absolute Gasteiger partial charge is 0.351 e. The van der Waals surface area contributed by atoms with E-state index in [9.17, 15) is 9.77 Å². The predicted molar refractivity (Wildman–Crippen MR) is 154 cm³/mol. The van der Waals surface area contributed by atoms with Crippen molar-refractivity contribution in [3.05, 3.63) is 71.8 Å². The number of benzene rings is 2. The number of ether oxygens (including phenoxy) is 5. The molecule has 5 rings (SSSR count). The lowest BCUT2D eigenvalue weighted by Gasteiger charge is -2.38. The first-order chi connectivity index (χ1) is 19.7. The number of hydrogen-bond acceptors (Lipinski definition) is 10. The van der Waals surface area contributed by atoms with E-state index in [0.29, 0.717) is 0 Å². The minimum atomic E-state index is -4.04. The Bertz CT molecular complexity index is 1200. The molecule has 0 aliphatic carbocycles. The topological polar surface area (TPSA) is 105 Å². The molecule has 0 aromatic heterocycles. The highest BCUT2D eigenvalue weighted by molar-refractivity contribution is 7.54. The average molecular weight is 606 g/mol. The maximum atomic E-state index is 14.8. The number of rotatable bonds is 11. The van der Waals surface area contributed by atoms with Crippen molar-refractivity contribution >= 4 is 7.60 Å². The molecule has 10 nitrogen and oxygen atoms in total. The third-order valence-electron chi connectivity index (χ3n) is 7.88. The van der Waals surface area contributed by atoms with Crippen molar-refractivity contribution < 1.29 is 42.5 Å². The molecule has 232 valence electrons.